The van der Waals surface area contributed by atoms with Crippen LogP contribution in [0.1, 0.15) is 39.9 Å². The van der Waals surface area contributed by atoms with Crippen molar-refractivity contribution >= 4 is 5.91 Å². The summed E-state index contributed by atoms with van der Waals surface area (Å²) >= 11 is 0. The lowest BCUT2D eigenvalue weighted by Crippen LogP contribution is -2.32. The Balaban J connectivity index is 1.93. The summed E-state index contributed by atoms with van der Waals surface area (Å²) in [5.74, 6) is -2.10. The van der Waals surface area contributed by atoms with Gasteiger partial charge < -0.3 is 19.5 Å². The SMILES string of the molecule is Cc1cc(CO)oc1C(=O)N1C[C@@H](O)C[C@H]1c1ccc(F)c(F)c1. The Labute approximate surface area is 137 Å². The molecule has 0 radical (unpaired) electrons. The van der Waals surface area contributed by atoms with Gasteiger partial charge in [-0.3, -0.25) is 4.79 Å². The number of rotatable bonds is 3. The molecule has 3 rings (SSSR count). The molecule has 2 aromatic rings. The van der Waals surface area contributed by atoms with Crippen LogP contribution < -0.4 is 0 Å². The predicted molar refractivity (Wildman–Crippen MR) is 80.1 cm³/mol. The van der Waals surface area contributed by atoms with E-state index in [0.29, 0.717) is 11.1 Å². The quantitative estimate of drug-likeness (QED) is 0.901. The number of aryl methyl sites for hydroxylation is 1. The van der Waals surface area contributed by atoms with E-state index in [4.69, 9.17) is 9.52 Å². The first kappa shape index (κ1) is 16.6. The summed E-state index contributed by atoms with van der Waals surface area (Å²) in [5, 5.41) is 19.1. The van der Waals surface area contributed by atoms with Crippen molar-refractivity contribution in [1.29, 1.82) is 0 Å². The molecular weight excluding hydrogens is 320 g/mol. The summed E-state index contributed by atoms with van der Waals surface area (Å²) in [7, 11) is 0. The first-order chi connectivity index (χ1) is 11.4. The van der Waals surface area contributed by atoms with E-state index in [2.05, 4.69) is 0 Å². The van der Waals surface area contributed by atoms with E-state index in [1.807, 2.05) is 0 Å². The molecule has 1 aromatic heterocycles. The molecule has 2 heterocycles. The fraction of sp³-hybridized carbons (Fsp3) is 0.353. The third kappa shape index (κ3) is 2.92. The van der Waals surface area contributed by atoms with Crippen LogP contribution in [-0.2, 0) is 6.61 Å². The van der Waals surface area contributed by atoms with Gasteiger partial charge in [-0.15, -0.1) is 0 Å². The van der Waals surface area contributed by atoms with E-state index < -0.39 is 29.7 Å². The van der Waals surface area contributed by atoms with Crippen molar-refractivity contribution in [1.82, 2.24) is 4.90 Å². The topological polar surface area (TPSA) is 73.9 Å². The molecular formula is C17H17F2NO4. The molecule has 0 saturated carbocycles. The highest BCUT2D eigenvalue weighted by Crippen LogP contribution is 2.34. The van der Waals surface area contributed by atoms with E-state index in [9.17, 15) is 18.7 Å². The first-order valence-electron chi connectivity index (χ1n) is 7.55. The van der Waals surface area contributed by atoms with Gasteiger partial charge in [0.15, 0.2) is 17.4 Å². The molecule has 2 N–H and O–H groups in total. The number of likely N-dealkylation sites (tertiary alicyclic amines) is 1. The molecule has 0 spiro atoms. The summed E-state index contributed by atoms with van der Waals surface area (Å²) in [6.45, 7) is 1.41. The fourth-order valence-electron chi connectivity index (χ4n) is 3.04. The molecule has 0 bridgehead atoms. The van der Waals surface area contributed by atoms with Crippen molar-refractivity contribution in [3.05, 3.63) is 58.5 Å². The molecule has 24 heavy (non-hydrogen) atoms. The van der Waals surface area contributed by atoms with Crippen LogP contribution in [0.15, 0.2) is 28.7 Å². The standard InChI is InChI=1S/C17H17F2NO4/c1-9-4-12(8-21)24-16(9)17(23)20-7-11(22)6-15(20)10-2-3-13(18)14(19)5-10/h2-5,11,15,21-22H,6-8H2,1H3/t11-,15-/m0/s1. The second-order valence-electron chi connectivity index (χ2n) is 5.92. The van der Waals surface area contributed by atoms with Gasteiger partial charge in [0, 0.05) is 12.1 Å². The zero-order chi connectivity index (χ0) is 17.4. The number of halogens is 2. The summed E-state index contributed by atoms with van der Waals surface area (Å²) in [4.78, 5) is 14.1. The average Bonchev–Trinajstić information content (AvgIpc) is 3.12. The monoisotopic (exact) mass is 337 g/mol. The Hall–Kier alpha value is -2.25. The average molecular weight is 337 g/mol. The highest BCUT2D eigenvalue weighted by atomic mass is 19.2. The smallest absolute Gasteiger partial charge is 0.290 e. The minimum absolute atomic E-state index is 0.0666. The number of carbonyl (C=O) groups excluding carboxylic acids is 1. The maximum absolute atomic E-state index is 13.5. The lowest BCUT2D eigenvalue weighted by molar-refractivity contribution is 0.0678. The first-order valence-corrected chi connectivity index (χ1v) is 7.55. The number of β-amino-alcohol motifs (C(OH)–C–C–N with tert-alkyl or cyclic N) is 1. The van der Waals surface area contributed by atoms with Crippen molar-refractivity contribution in [2.24, 2.45) is 0 Å². The van der Waals surface area contributed by atoms with E-state index >= 15 is 0 Å². The van der Waals surface area contributed by atoms with Gasteiger partial charge in [-0.25, -0.2) is 8.78 Å². The largest absolute Gasteiger partial charge is 0.453 e. The molecule has 1 aliphatic heterocycles. The molecule has 1 aliphatic rings. The van der Waals surface area contributed by atoms with Crippen LogP contribution in [0.4, 0.5) is 8.78 Å². The van der Waals surface area contributed by atoms with Crippen LogP contribution in [0.3, 0.4) is 0 Å². The van der Waals surface area contributed by atoms with Crippen molar-refractivity contribution in [3.8, 4) is 0 Å². The molecule has 5 nitrogen and oxygen atoms in total. The van der Waals surface area contributed by atoms with Crippen molar-refractivity contribution in [2.45, 2.75) is 32.1 Å². The van der Waals surface area contributed by atoms with E-state index in [1.165, 1.54) is 11.0 Å². The number of benzene rings is 1. The number of hydrogen-bond donors (Lipinski definition) is 2. The van der Waals surface area contributed by atoms with Gasteiger partial charge in [0.05, 0.1) is 12.1 Å². The molecule has 1 fully saturated rings. The third-order valence-electron chi connectivity index (χ3n) is 4.19. The minimum atomic E-state index is -1.00. The zero-order valence-corrected chi connectivity index (χ0v) is 13.0. The van der Waals surface area contributed by atoms with Crippen LogP contribution in [0.5, 0.6) is 0 Å². The van der Waals surface area contributed by atoms with Gasteiger partial charge in [-0.1, -0.05) is 6.07 Å². The van der Waals surface area contributed by atoms with Crippen LogP contribution in [0.25, 0.3) is 0 Å². The Morgan fingerprint density at radius 3 is 2.71 bits per heavy atom. The van der Waals surface area contributed by atoms with Crippen LogP contribution >= 0.6 is 0 Å². The highest BCUT2D eigenvalue weighted by molar-refractivity contribution is 5.93. The van der Waals surface area contributed by atoms with Crippen LogP contribution in [-0.4, -0.2) is 33.7 Å². The van der Waals surface area contributed by atoms with Crippen molar-refractivity contribution < 1.29 is 28.2 Å². The van der Waals surface area contributed by atoms with Crippen molar-refractivity contribution in [2.75, 3.05) is 6.54 Å². The molecule has 0 aliphatic carbocycles. The maximum Gasteiger partial charge on any atom is 0.290 e. The lowest BCUT2D eigenvalue weighted by atomic mass is 10.0. The number of aliphatic hydroxyl groups is 2. The Kier molecular flexibility index (Phi) is 4.38. The number of carbonyl (C=O) groups is 1. The van der Waals surface area contributed by atoms with E-state index in [0.717, 1.165) is 12.1 Å². The van der Waals surface area contributed by atoms with Gasteiger partial charge in [0.25, 0.3) is 5.91 Å². The second kappa shape index (κ2) is 6.33. The Bertz CT molecular complexity index is 774. The number of nitrogens with zero attached hydrogens (tertiary/aromatic N) is 1. The Morgan fingerprint density at radius 1 is 1.33 bits per heavy atom. The van der Waals surface area contributed by atoms with Gasteiger partial charge >= 0.3 is 0 Å². The van der Waals surface area contributed by atoms with Gasteiger partial charge in [0.2, 0.25) is 0 Å². The van der Waals surface area contributed by atoms with E-state index in [1.54, 1.807) is 13.0 Å². The lowest BCUT2D eigenvalue weighted by Gasteiger charge is -2.24. The van der Waals surface area contributed by atoms with Gasteiger partial charge in [0.1, 0.15) is 12.4 Å². The van der Waals surface area contributed by atoms with Gasteiger partial charge in [-0.05, 0) is 37.1 Å². The number of aliphatic hydroxyl groups excluding tert-OH is 2. The maximum atomic E-state index is 13.5. The minimum Gasteiger partial charge on any atom is -0.453 e. The normalized spacial score (nSPS) is 20.6. The summed E-state index contributed by atoms with van der Waals surface area (Å²) < 4.78 is 32.0. The molecule has 2 atom stereocenters. The number of amides is 1. The number of furan rings is 1. The second-order valence-corrected chi connectivity index (χ2v) is 5.92. The Morgan fingerprint density at radius 2 is 2.08 bits per heavy atom. The van der Waals surface area contributed by atoms with E-state index in [-0.39, 0.29) is 31.1 Å². The summed E-state index contributed by atoms with van der Waals surface area (Å²) in [6, 6.07) is 4.42. The predicted octanol–water partition coefficient (Wildman–Crippen LogP) is 2.31. The van der Waals surface area contributed by atoms with Crippen LogP contribution in [0.2, 0.25) is 0 Å². The molecule has 7 heteroatoms. The molecule has 1 aromatic carbocycles. The van der Waals surface area contributed by atoms with Gasteiger partial charge in [-0.2, -0.15) is 0 Å². The third-order valence-corrected chi connectivity index (χ3v) is 4.19. The fourth-order valence-corrected chi connectivity index (χ4v) is 3.04. The molecule has 1 saturated heterocycles. The zero-order valence-electron chi connectivity index (χ0n) is 13.0. The molecule has 1 amide bonds. The summed E-state index contributed by atoms with van der Waals surface area (Å²) in [5.41, 5.74) is 0.972. The summed E-state index contributed by atoms with van der Waals surface area (Å²) in [6.07, 6.45) is -0.539. The van der Waals surface area contributed by atoms with Crippen molar-refractivity contribution in [3.63, 3.8) is 0 Å². The highest BCUT2D eigenvalue weighted by Gasteiger charge is 2.37. The number of hydrogen-bond acceptors (Lipinski definition) is 4. The van der Waals surface area contributed by atoms with Crippen LogP contribution in [0, 0.1) is 18.6 Å². The molecule has 0 unspecified atom stereocenters. The molecule has 128 valence electrons.